The number of hydrogen-bond acceptors (Lipinski definition) is 5. The molecule has 2 amide bonds. The number of rotatable bonds is 5. The summed E-state index contributed by atoms with van der Waals surface area (Å²) in [5, 5.41) is 13.9. The number of aliphatic hydroxyl groups is 1. The third kappa shape index (κ3) is 3.90. The summed E-state index contributed by atoms with van der Waals surface area (Å²) < 4.78 is 71.3. The minimum Gasteiger partial charge on any atom is -0.434 e. The lowest BCUT2D eigenvalue weighted by molar-refractivity contribution is -0.287. The van der Waals surface area contributed by atoms with Gasteiger partial charge in [0.05, 0.1) is 6.04 Å². The van der Waals surface area contributed by atoms with Crippen molar-refractivity contribution in [2.75, 3.05) is 0 Å². The number of alkyl halides is 5. The number of carbonyl (C=O) groups excluding carboxylic acids is 2. The van der Waals surface area contributed by atoms with E-state index in [1.165, 1.54) is 35.8 Å². The number of amides is 2. The molecule has 1 aliphatic rings. The molecule has 0 radical (unpaired) electrons. The fraction of sp³-hybridized carbons (Fsp3) is 0.278. The number of ketones is 1. The second kappa shape index (κ2) is 7.86. The van der Waals surface area contributed by atoms with Crippen LogP contribution in [0.3, 0.4) is 0 Å². The maximum Gasteiger partial charge on any atom is 0.437 e. The normalized spacial score (nSPS) is 24.2. The average molecular weight is 431 g/mol. The standard InChI is InChI=1S/C18H14F5N3O4/c19-15(20)30-11-6-2-1-5-10(11)13-12(14(27)9-4-3-7-24-8-9)17(29,18(21,22)23)26-16(28)25-13/h1-8,12-13,15,29H,(H2,25,26,28)/t12-,13+,17+/m0/s1. The molecular formula is C18H14F5N3O4. The number of hydrogen-bond donors (Lipinski definition) is 3. The molecule has 3 atom stereocenters. The van der Waals surface area contributed by atoms with E-state index in [0.717, 1.165) is 18.3 Å². The minimum atomic E-state index is -5.48. The van der Waals surface area contributed by atoms with Crippen LogP contribution in [0.5, 0.6) is 5.75 Å². The Bertz CT molecular complexity index is 941. The number of Topliss-reactive ketones (excluding diaryl/α,β-unsaturated/α-hetero) is 1. The topological polar surface area (TPSA) is 101 Å². The summed E-state index contributed by atoms with van der Waals surface area (Å²) in [4.78, 5) is 28.6. The van der Waals surface area contributed by atoms with Gasteiger partial charge < -0.3 is 20.5 Å². The van der Waals surface area contributed by atoms with Gasteiger partial charge in [-0.15, -0.1) is 0 Å². The molecule has 3 N–H and O–H groups in total. The molecule has 0 bridgehead atoms. The van der Waals surface area contributed by atoms with Crippen LogP contribution in [0.25, 0.3) is 0 Å². The third-order valence-electron chi connectivity index (χ3n) is 4.50. The van der Waals surface area contributed by atoms with Crippen LogP contribution in [0.1, 0.15) is 22.0 Å². The second-order valence-electron chi connectivity index (χ2n) is 6.34. The van der Waals surface area contributed by atoms with Gasteiger partial charge in [0.2, 0.25) is 5.72 Å². The van der Waals surface area contributed by atoms with Crippen molar-refractivity contribution in [3.63, 3.8) is 0 Å². The van der Waals surface area contributed by atoms with Crippen molar-refractivity contribution in [3.8, 4) is 5.75 Å². The summed E-state index contributed by atoms with van der Waals surface area (Å²) in [6, 6.07) is 3.86. The lowest BCUT2D eigenvalue weighted by atomic mass is 9.77. The van der Waals surface area contributed by atoms with E-state index in [-0.39, 0.29) is 11.1 Å². The van der Waals surface area contributed by atoms with Gasteiger partial charge >= 0.3 is 18.8 Å². The lowest BCUT2D eigenvalue weighted by Crippen LogP contribution is -2.72. The largest absolute Gasteiger partial charge is 0.437 e. The van der Waals surface area contributed by atoms with E-state index in [0.29, 0.717) is 0 Å². The average Bonchev–Trinajstić information content (AvgIpc) is 2.67. The number of carbonyl (C=O) groups is 2. The molecule has 1 aromatic heterocycles. The van der Waals surface area contributed by atoms with Crippen LogP contribution in [0.4, 0.5) is 26.7 Å². The van der Waals surface area contributed by atoms with Crippen LogP contribution in [0.2, 0.25) is 0 Å². The molecular weight excluding hydrogens is 417 g/mol. The van der Waals surface area contributed by atoms with Crippen molar-refractivity contribution < 1.29 is 41.4 Å². The number of urea groups is 1. The fourth-order valence-corrected chi connectivity index (χ4v) is 3.23. The first-order valence-electron chi connectivity index (χ1n) is 8.40. The summed E-state index contributed by atoms with van der Waals surface area (Å²) in [5.74, 6) is -4.18. The van der Waals surface area contributed by atoms with Crippen molar-refractivity contribution in [2.24, 2.45) is 5.92 Å². The monoisotopic (exact) mass is 431 g/mol. The molecule has 0 spiro atoms. The Balaban J connectivity index is 2.19. The molecule has 12 heteroatoms. The number of aromatic nitrogens is 1. The Hall–Kier alpha value is -3.28. The summed E-state index contributed by atoms with van der Waals surface area (Å²) in [7, 11) is 0. The van der Waals surface area contributed by atoms with Crippen molar-refractivity contribution in [1.82, 2.24) is 15.6 Å². The number of para-hydroxylation sites is 1. The highest BCUT2D eigenvalue weighted by Crippen LogP contribution is 2.45. The van der Waals surface area contributed by atoms with Crippen molar-refractivity contribution >= 4 is 11.8 Å². The van der Waals surface area contributed by atoms with Crippen LogP contribution in [0.15, 0.2) is 48.8 Å². The van der Waals surface area contributed by atoms with E-state index in [4.69, 9.17) is 0 Å². The molecule has 2 heterocycles. The van der Waals surface area contributed by atoms with E-state index < -0.39 is 48.0 Å². The smallest absolute Gasteiger partial charge is 0.434 e. The molecule has 1 aromatic carbocycles. The summed E-state index contributed by atoms with van der Waals surface area (Å²) in [6.07, 6.45) is -3.23. The minimum absolute atomic E-state index is 0.291. The van der Waals surface area contributed by atoms with Crippen molar-refractivity contribution in [1.29, 1.82) is 0 Å². The predicted molar refractivity (Wildman–Crippen MR) is 90.5 cm³/mol. The zero-order valence-corrected chi connectivity index (χ0v) is 14.9. The first-order valence-corrected chi connectivity index (χ1v) is 8.40. The van der Waals surface area contributed by atoms with Crippen LogP contribution in [-0.2, 0) is 0 Å². The molecule has 1 saturated heterocycles. The number of halogens is 5. The van der Waals surface area contributed by atoms with Gasteiger partial charge in [-0.05, 0) is 18.2 Å². The predicted octanol–water partition coefficient (Wildman–Crippen LogP) is 2.79. The van der Waals surface area contributed by atoms with E-state index in [1.807, 2.05) is 0 Å². The summed E-state index contributed by atoms with van der Waals surface area (Å²) in [6.45, 7) is -3.32. The van der Waals surface area contributed by atoms with E-state index in [1.54, 1.807) is 0 Å². The Morgan fingerprint density at radius 2 is 1.90 bits per heavy atom. The number of ether oxygens (including phenoxy) is 1. The zero-order chi connectivity index (χ0) is 22.1. The molecule has 2 aromatic rings. The molecule has 3 rings (SSSR count). The summed E-state index contributed by atoms with van der Waals surface area (Å²) >= 11 is 0. The van der Waals surface area contributed by atoms with Crippen LogP contribution in [-0.4, -0.2) is 40.4 Å². The Morgan fingerprint density at radius 1 is 1.20 bits per heavy atom. The number of benzene rings is 1. The molecule has 7 nitrogen and oxygen atoms in total. The Morgan fingerprint density at radius 3 is 2.50 bits per heavy atom. The number of pyridine rings is 1. The molecule has 0 saturated carbocycles. The summed E-state index contributed by atoms with van der Waals surface area (Å²) in [5.41, 5.74) is -4.64. The molecule has 0 aliphatic carbocycles. The molecule has 0 unspecified atom stereocenters. The van der Waals surface area contributed by atoms with Gasteiger partial charge in [-0.3, -0.25) is 9.78 Å². The maximum atomic E-state index is 13.8. The highest BCUT2D eigenvalue weighted by molar-refractivity contribution is 6.00. The second-order valence-corrected chi connectivity index (χ2v) is 6.34. The third-order valence-corrected chi connectivity index (χ3v) is 4.50. The van der Waals surface area contributed by atoms with E-state index in [9.17, 15) is 36.6 Å². The van der Waals surface area contributed by atoms with Crippen molar-refractivity contribution in [2.45, 2.75) is 24.6 Å². The molecule has 1 aliphatic heterocycles. The van der Waals surface area contributed by atoms with E-state index in [2.05, 4.69) is 15.0 Å². The Kier molecular flexibility index (Phi) is 5.61. The number of nitrogens with one attached hydrogen (secondary N) is 2. The van der Waals surface area contributed by atoms with Gasteiger partial charge in [-0.1, -0.05) is 18.2 Å². The van der Waals surface area contributed by atoms with Gasteiger partial charge in [-0.25, -0.2) is 4.79 Å². The van der Waals surface area contributed by atoms with Gasteiger partial charge in [0.25, 0.3) is 0 Å². The quantitative estimate of drug-likeness (QED) is 0.500. The fourth-order valence-electron chi connectivity index (χ4n) is 3.23. The maximum absolute atomic E-state index is 13.8. The van der Waals surface area contributed by atoms with Crippen LogP contribution < -0.4 is 15.4 Å². The highest BCUT2D eigenvalue weighted by Gasteiger charge is 2.66. The first-order chi connectivity index (χ1) is 14.0. The molecule has 30 heavy (non-hydrogen) atoms. The first kappa shape index (κ1) is 21.4. The van der Waals surface area contributed by atoms with E-state index >= 15 is 0 Å². The van der Waals surface area contributed by atoms with Gasteiger partial charge in [0.15, 0.2) is 5.78 Å². The van der Waals surface area contributed by atoms with Crippen LogP contribution in [0, 0.1) is 5.92 Å². The van der Waals surface area contributed by atoms with Gasteiger partial charge in [0.1, 0.15) is 11.7 Å². The van der Waals surface area contributed by atoms with Crippen LogP contribution >= 0.6 is 0 Å². The SMILES string of the molecule is O=C1N[C@H](c2ccccc2OC(F)F)[C@@H](C(=O)c2cccnc2)[C@@](O)(C(F)(F)F)N1. The highest BCUT2D eigenvalue weighted by atomic mass is 19.4. The number of nitrogens with zero attached hydrogens (tertiary/aromatic N) is 1. The lowest BCUT2D eigenvalue weighted by Gasteiger charge is -2.45. The molecule has 160 valence electrons. The zero-order valence-electron chi connectivity index (χ0n) is 14.9. The van der Waals surface area contributed by atoms with Gasteiger partial charge in [0, 0.05) is 23.5 Å². The van der Waals surface area contributed by atoms with Crippen molar-refractivity contribution in [3.05, 3.63) is 59.9 Å². The van der Waals surface area contributed by atoms with Gasteiger partial charge in [-0.2, -0.15) is 22.0 Å². The Labute approximate surface area is 165 Å². The molecule has 1 fully saturated rings.